The Balaban J connectivity index is 0.000000191. The molecule has 0 bridgehead atoms. The Labute approximate surface area is 586 Å². The standard InChI is InChI=1S/3C21H17F4N2O5S.CH4.Fe/c3*22-13-12(11(8-3-1-5-26-8)9-4-2-6-27-9)14(23)16(25)20(15(13)24)33-21-19(31)18(30)17(29)10(7-28)32-21;;/h3*1-6,10,17-19,21,28-31H,7H2;1H4;/q3*-1;;+3/t3*10?,17-,18-,19?,21-;;/m000../s1. The van der Waals surface area contributed by atoms with Gasteiger partial charge in [0.25, 0.3) is 0 Å². The number of aliphatic imine (C=N–C) groups is 3. The first-order valence-corrected chi connectivity index (χ1v) is 31.5. The maximum Gasteiger partial charge on any atom is 3.00 e. The van der Waals surface area contributed by atoms with Gasteiger partial charge >= 0.3 is 17.1 Å². The number of aliphatic hydroxyl groups is 12. The minimum atomic E-state index is -1.87. The fourth-order valence-corrected chi connectivity index (χ4v) is 13.9. The first-order chi connectivity index (χ1) is 47.3. The molecule has 0 amide bonds. The number of ether oxygens (including phenoxy) is 3. The van der Waals surface area contributed by atoms with Crippen molar-refractivity contribution < 1.29 is 145 Å². The van der Waals surface area contributed by atoms with Crippen LogP contribution in [0, 0.1) is 69.8 Å². The Morgan fingerprint density at radius 1 is 0.356 bits per heavy atom. The van der Waals surface area contributed by atoms with E-state index < -0.39 is 211 Å². The van der Waals surface area contributed by atoms with Crippen molar-refractivity contribution in [2.75, 3.05) is 19.8 Å². The zero-order valence-electron chi connectivity index (χ0n) is 50.1. The van der Waals surface area contributed by atoms with Crippen molar-refractivity contribution in [3.05, 3.63) is 212 Å². The second-order valence-corrected chi connectivity index (χ2v) is 24.9. The van der Waals surface area contributed by atoms with E-state index in [1.807, 2.05) is 0 Å². The second-order valence-electron chi connectivity index (χ2n) is 21.6. The summed E-state index contributed by atoms with van der Waals surface area (Å²) in [5.41, 5.74) is -8.52. The van der Waals surface area contributed by atoms with E-state index in [1.54, 1.807) is 0 Å². The number of hydrogen-bond acceptors (Lipinski definition) is 21. The summed E-state index contributed by atoms with van der Waals surface area (Å²) in [6, 6.07) is 8.62. The third-order valence-electron chi connectivity index (χ3n) is 15.5. The van der Waals surface area contributed by atoms with Crippen molar-refractivity contribution in [1.29, 1.82) is 0 Å². The predicted molar refractivity (Wildman–Crippen MR) is 335 cm³/mol. The molecule has 12 rings (SSSR count). The molecule has 15 atom stereocenters. The molecule has 0 spiro atoms. The van der Waals surface area contributed by atoms with Gasteiger partial charge in [0.1, 0.15) is 89.6 Å². The summed E-state index contributed by atoms with van der Waals surface area (Å²) in [7, 11) is 0. The first-order valence-electron chi connectivity index (χ1n) is 28.9. The van der Waals surface area contributed by atoms with Crippen molar-refractivity contribution in [2.45, 2.75) is 112 Å². The van der Waals surface area contributed by atoms with Crippen LogP contribution in [-0.2, 0) is 31.3 Å². The van der Waals surface area contributed by atoms with Crippen LogP contribution >= 0.6 is 35.3 Å². The summed E-state index contributed by atoms with van der Waals surface area (Å²) in [5.74, 6) is -20.9. The molecule has 12 N–H and O–H groups in total. The monoisotopic (exact) mass is 1530 g/mol. The SMILES string of the molecule is C.OCC1O[C@@H](Sc2c(F)c(F)c(C(=C3C=CC=N3)c3ccc[n-]3)c(F)c2F)C(O)[C@@H](O)[C@H]1O.OCC1O[C@@H](Sc2c(F)c(F)c(C(=C3C=CC=N3)c3ccc[n-]3)c(F)c2F)C(O)[C@@H](O)[C@H]1O.OCC1O[C@@H](Sc2c(F)c(F)c(C(=C3C=CC=N3)c3ccc[n-]3)c(F)c2F)C(O)[C@@H](O)[C@H]1O.[Fe+3]. The molecule has 0 saturated carbocycles. The van der Waals surface area contributed by atoms with Gasteiger partial charge in [-0.2, -0.15) is 18.6 Å². The molecule has 6 aliphatic rings. The van der Waals surface area contributed by atoms with Gasteiger partial charge in [-0.1, -0.05) is 79.1 Å². The van der Waals surface area contributed by atoms with E-state index in [-0.39, 0.29) is 111 Å². The normalized spacial score (nSPS) is 28.0. The van der Waals surface area contributed by atoms with Gasteiger partial charge < -0.3 is 90.4 Å². The number of thioether (sulfide) groups is 3. The van der Waals surface area contributed by atoms with Gasteiger partial charge in [-0.3, -0.25) is 15.0 Å². The number of allylic oxidation sites excluding steroid dienone is 6. The Kier molecular flexibility index (Phi) is 27.0. The molecule has 0 aliphatic carbocycles. The average Bonchev–Trinajstić information content (AvgIpc) is 1.72. The molecule has 3 fully saturated rings. The zero-order chi connectivity index (χ0) is 71.6. The van der Waals surface area contributed by atoms with E-state index in [1.165, 1.54) is 110 Å². The van der Waals surface area contributed by atoms with Gasteiger partial charge in [-0.15, -0.1) is 17.1 Å². The summed E-state index contributed by atoms with van der Waals surface area (Å²) in [5, 5.41) is 117. The van der Waals surface area contributed by atoms with Crippen LogP contribution < -0.4 is 15.0 Å². The fraction of sp³-hybridized carbons (Fsp3) is 0.297. The minimum absolute atomic E-state index is 0. The third kappa shape index (κ3) is 15.8. The summed E-state index contributed by atoms with van der Waals surface area (Å²) < 4.78 is 197. The molecule has 37 heteroatoms. The molecule has 6 aromatic rings. The zero-order valence-corrected chi connectivity index (χ0v) is 53.6. The van der Waals surface area contributed by atoms with Crippen molar-refractivity contribution in [3.63, 3.8) is 0 Å². The quantitative estimate of drug-likeness (QED) is 0.0361. The van der Waals surface area contributed by atoms with Gasteiger partial charge in [-0.25, -0.2) is 52.7 Å². The number of aliphatic hydroxyl groups excluding tert-OH is 12. The molecule has 9 heterocycles. The molecule has 6 aliphatic heterocycles. The molecular weight excluding hydrogens is 1470 g/mol. The van der Waals surface area contributed by atoms with Crippen LogP contribution in [0.15, 0.2) is 138 Å². The topological polar surface area (TPSA) is 350 Å². The maximum atomic E-state index is 15.2. The van der Waals surface area contributed by atoms with Crippen molar-refractivity contribution in [3.8, 4) is 0 Å². The average molecular weight is 1530 g/mol. The van der Waals surface area contributed by atoms with Crippen LogP contribution in [-0.4, -0.2) is 189 Å². The van der Waals surface area contributed by atoms with Crippen LogP contribution in [0.3, 0.4) is 0 Å². The van der Waals surface area contributed by atoms with Crippen LogP contribution in [0.2, 0.25) is 0 Å². The number of benzene rings is 3. The number of hydrogen-bond donors (Lipinski definition) is 12. The first kappa shape index (κ1) is 79.8. The van der Waals surface area contributed by atoms with E-state index in [9.17, 15) is 61.3 Å². The Morgan fingerprint density at radius 3 is 0.762 bits per heavy atom. The van der Waals surface area contributed by atoms with Crippen molar-refractivity contribution in [1.82, 2.24) is 15.0 Å². The van der Waals surface area contributed by atoms with Gasteiger partial charge in [0.2, 0.25) is 0 Å². The summed E-state index contributed by atoms with van der Waals surface area (Å²) in [6.45, 7) is -2.36. The molecule has 1 radical (unpaired) electrons. The van der Waals surface area contributed by atoms with Crippen molar-refractivity contribution >= 4 is 70.6 Å². The van der Waals surface area contributed by atoms with E-state index >= 15 is 52.7 Å². The Hall–Kier alpha value is -6.92. The number of rotatable bonds is 15. The number of halogens is 12. The smallest absolute Gasteiger partial charge is 0.664 e. The van der Waals surface area contributed by atoms with Gasteiger partial charge in [0, 0.05) is 18.6 Å². The van der Waals surface area contributed by atoms with Crippen LogP contribution in [0.5, 0.6) is 0 Å². The van der Waals surface area contributed by atoms with E-state index in [0.717, 1.165) is 0 Å². The molecule has 21 nitrogen and oxygen atoms in total. The van der Waals surface area contributed by atoms with E-state index in [4.69, 9.17) is 14.2 Å². The van der Waals surface area contributed by atoms with Crippen LogP contribution in [0.25, 0.3) is 16.7 Å². The Morgan fingerprint density at radius 2 is 0.584 bits per heavy atom. The second kappa shape index (κ2) is 34.1. The van der Waals surface area contributed by atoms with Gasteiger partial charge in [0.15, 0.2) is 69.8 Å². The van der Waals surface area contributed by atoms with Crippen LogP contribution in [0.4, 0.5) is 52.7 Å². The van der Waals surface area contributed by atoms with Crippen molar-refractivity contribution in [2.24, 2.45) is 15.0 Å². The summed E-state index contributed by atoms with van der Waals surface area (Å²) in [6.07, 6.45) is -3.70. The minimum Gasteiger partial charge on any atom is -0.664 e. The number of nitrogens with zero attached hydrogens (tertiary/aromatic N) is 6. The molecule has 541 valence electrons. The predicted octanol–water partition coefficient (Wildman–Crippen LogP) is 5.11. The Bertz CT molecular complexity index is 3710. The fourth-order valence-electron chi connectivity index (χ4n) is 10.5. The molecule has 3 aromatic carbocycles. The summed E-state index contributed by atoms with van der Waals surface area (Å²) in [4.78, 5) is 20.3. The maximum absolute atomic E-state index is 15.2. The molecule has 3 saturated heterocycles. The molecular formula is C64H55F12FeN6O15S3. The summed E-state index contributed by atoms with van der Waals surface area (Å²) >= 11 is 0.209. The van der Waals surface area contributed by atoms with E-state index in [0.29, 0.717) is 0 Å². The van der Waals surface area contributed by atoms with Gasteiger partial charge in [0.05, 0.1) is 68.3 Å². The largest absolute Gasteiger partial charge is 3.00 e. The van der Waals surface area contributed by atoms with Gasteiger partial charge in [-0.05, 0) is 53.2 Å². The third-order valence-corrected chi connectivity index (χ3v) is 19.2. The molecule has 3 aromatic heterocycles. The van der Waals surface area contributed by atoms with Crippen LogP contribution in [0.1, 0.15) is 41.2 Å². The number of aromatic nitrogens is 3. The van der Waals surface area contributed by atoms with E-state index in [2.05, 4.69) is 29.9 Å². The molecule has 6 unspecified atom stereocenters. The molecule has 101 heavy (non-hydrogen) atoms.